The molecule has 1 aliphatic heterocycles. The van der Waals surface area contributed by atoms with Gasteiger partial charge in [-0.15, -0.1) is 0 Å². The largest absolute Gasteiger partial charge is 0.491 e. The van der Waals surface area contributed by atoms with E-state index in [1.807, 2.05) is 24.3 Å². The van der Waals surface area contributed by atoms with Crippen molar-refractivity contribution in [2.75, 3.05) is 19.8 Å². The van der Waals surface area contributed by atoms with Crippen LogP contribution in [0.3, 0.4) is 0 Å². The molecule has 8 heteroatoms. The summed E-state index contributed by atoms with van der Waals surface area (Å²) in [6.45, 7) is 23.7. The second-order valence-electron chi connectivity index (χ2n) is 13.3. The summed E-state index contributed by atoms with van der Waals surface area (Å²) < 4.78 is 25.9. The van der Waals surface area contributed by atoms with Crippen LogP contribution >= 0.6 is 11.6 Å². The van der Waals surface area contributed by atoms with Gasteiger partial charge in [0.25, 0.3) is 0 Å². The molecule has 0 bridgehead atoms. The first-order valence-electron chi connectivity index (χ1n) is 13.6. The summed E-state index contributed by atoms with van der Waals surface area (Å²) in [5, 5.41) is 10.4. The minimum Gasteiger partial charge on any atom is -0.491 e. The lowest BCUT2D eigenvalue weighted by Crippen LogP contribution is -2.46. The predicted molar refractivity (Wildman–Crippen MR) is 160 cm³/mol. The van der Waals surface area contributed by atoms with Crippen LogP contribution in [0.5, 0.6) is 5.75 Å². The Morgan fingerprint density at radius 3 is 2.30 bits per heavy atom. The molecule has 1 aromatic rings. The second-order valence-corrected chi connectivity index (χ2v) is 23.3. The summed E-state index contributed by atoms with van der Waals surface area (Å²) in [5.74, 6) is 0.922. The summed E-state index contributed by atoms with van der Waals surface area (Å²) in [6, 6.07) is 7.46. The molecule has 37 heavy (non-hydrogen) atoms. The first kappa shape index (κ1) is 32.5. The monoisotopic (exact) mass is 570 g/mol. The van der Waals surface area contributed by atoms with Gasteiger partial charge in [0.1, 0.15) is 12.4 Å². The third kappa shape index (κ3) is 9.48. The fourth-order valence-electron chi connectivity index (χ4n) is 3.87. The number of benzene rings is 1. The van der Waals surface area contributed by atoms with E-state index in [2.05, 4.69) is 79.9 Å². The number of aliphatic hydroxyl groups excluding tert-OH is 1. The van der Waals surface area contributed by atoms with Crippen LogP contribution in [-0.2, 0) is 13.6 Å². The lowest BCUT2D eigenvalue weighted by atomic mass is 9.93. The van der Waals surface area contributed by atoms with E-state index in [9.17, 15) is 5.11 Å². The molecular weight excluding hydrogens is 520 g/mol. The summed E-state index contributed by atoms with van der Waals surface area (Å²) in [7, 11) is -4.00. The van der Waals surface area contributed by atoms with Gasteiger partial charge in [-0.2, -0.15) is 0 Å². The Morgan fingerprint density at radius 2 is 1.73 bits per heavy atom. The van der Waals surface area contributed by atoms with Gasteiger partial charge in [0.05, 0.1) is 24.9 Å². The van der Waals surface area contributed by atoms with Crippen molar-refractivity contribution in [1.29, 1.82) is 0 Å². The van der Waals surface area contributed by atoms with Crippen molar-refractivity contribution in [3.05, 3.63) is 41.4 Å². The highest BCUT2D eigenvalue weighted by molar-refractivity contribution is 6.74. The molecular formula is C29H51ClO5Si2. The Bertz CT molecular complexity index is 876. The number of rotatable bonds is 12. The molecule has 1 saturated heterocycles. The smallest absolute Gasteiger partial charge is 0.193 e. The Labute approximate surface area is 233 Å². The highest BCUT2D eigenvalue weighted by Gasteiger charge is 2.45. The molecule has 0 spiro atoms. The van der Waals surface area contributed by atoms with Crippen molar-refractivity contribution in [1.82, 2.24) is 0 Å². The SMILES string of the molecule is CC(C)(C)[Si](C)(C)OC(C=C[C@H]1OC[C@H](O[Si](C)(C)C(C)(C)C)[C@@H]1CCCO)COc1cccc(Cl)c1. The molecule has 1 N–H and O–H groups in total. The van der Waals surface area contributed by atoms with Gasteiger partial charge in [-0.25, -0.2) is 0 Å². The molecule has 0 radical (unpaired) electrons. The van der Waals surface area contributed by atoms with E-state index in [4.69, 9.17) is 29.9 Å². The second kappa shape index (κ2) is 13.1. The first-order valence-corrected chi connectivity index (χ1v) is 19.8. The molecule has 2 rings (SSSR count). The maximum absolute atomic E-state index is 9.55. The Morgan fingerprint density at radius 1 is 1.08 bits per heavy atom. The van der Waals surface area contributed by atoms with Gasteiger partial charge in [-0.3, -0.25) is 0 Å². The van der Waals surface area contributed by atoms with E-state index in [1.54, 1.807) is 0 Å². The van der Waals surface area contributed by atoms with E-state index in [1.165, 1.54) is 0 Å². The molecule has 1 fully saturated rings. The summed E-state index contributed by atoms with van der Waals surface area (Å²) in [6.07, 6.45) is 5.56. The Kier molecular flexibility index (Phi) is 11.5. The predicted octanol–water partition coefficient (Wildman–Crippen LogP) is 7.84. The maximum atomic E-state index is 9.55. The van der Waals surface area contributed by atoms with Gasteiger partial charge in [-0.05, 0) is 67.3 Å². The molecule has 1 heterocycles. The minimum atomic E-state index is -2.05. The van der Waals surface area contributed by atoms with Crippen LogP contribution in [0, 0.1) is 5.92 Å². The van der Waals surface area contributed by atoms with E-state index < -0.39 is 16.6 Å². The fraction of sp³-hybridized carbons (Fsp3) is 0.724. The van der Waals surface area contributed by atoms with Crippen molar-refractivity contribution in [3.8, 4) is 5.75 Å². The summed E-state index contributed by atoms with van der Waals surface area (Å²) in [5.41, 5.74) is 0. The zero-order chi connectivity index (χ0) is 28.1. The fourth-order valence-corrected chi connectivity index (χ4v) is 6.66. The molecule has 0 aliphatic carbocycles. The van der Waals surface area contributed by atoms with Crippen molar-refractivity contribution >= 4 is 28.2 Å². The Balaban J connectivity index is 2.23. The highest BCUT2D eigenvalue weighted by Crippen LogP contribution is 2.41. The zero-order valence-corrected chi connectivity index (χ0v) is 27.5. The topological polar surface area (TPSA) is 57.2 Å². The maximum Gasteiger partial charge on any atom is 0.193 e. The van der Waals surface area contributed by atoms with Gasteiger partial charge < -0.3 is 23.4 Å². The van der Waals surface area contributed by atoms with Gasteiger partial charge in [0.2, 0.25) is 0 Å². The third-order valence-electron chi connectivity index (χ3n) is 8.28. The first-order chi connectivity index (χ1) is 17.0. The van der Waals surface area contributed by atoms with E-state index in [0.717, 1.165) is 18.6 Å². The summed E-state index contributed by atoms with van der Waals surface area (Å²) in [4.78, 5) is 0. The minimum absolute atomic E-state index is 0.0320. The van der Waals surface area contributed by atoms with Crippen molar-refractivity contribution in [2.24, 2.45) is 5.92 Å². The molecule has 212 valence electrons. The molecule has 1 aromatic carbocycles. The van der Waals surface area contributed by atoms with Crippen LogP contribution < -0.4 is 4.74 Å². The number of hydrogen-bond donors (Lipinski definition) is 1. The Hall–Kier alpha value is -0.676. The van der Waals surface area contributed by atoms with Crippen LogP contribution in [0.2, 0.25) is 41.3 Å². The number of ether oxygens (including phenoxy) is 2. The number of hydrogen-bond acceptors (Lipinski definition) is 5. The molecule has 1 unspecified atom stereocenters. The van der Waals surface area contributed by atoms with E-state index in [-0.39, 0.29) is 40.9 Å². The van der Waals surface area contributed by atoms with Crippen molar-refractivity contribution in [3.63, 3.8) is 0 Å². The standard InChI is InChI=1S/C29H51ClO5Si2/c1-28(2,3)36(7,8)34-24(20-32-23-14-11-13-22(30)19-23)16-17-26-25(15-12-18-31)27(21-33-26)35-37(9,10)29(4,5)6/h11,13-14,16-17,19,24-27,31H,12,15,18,20-21H2,1-10H3/t24?,25-,26-,27+/m1/s1. The number of halogens is 1. The molecule has 4 atom stereocenters. The average molecular weight is 571 g/mol. The quantitative estimate of drug-likeness (QED) is 0.205. The van der Waals surface area contributed by atoms with Gasteiger partial charge in [0.15, 0.2) is 16.6 Å². The van der Waals surface area contributed by atoms with Gasteiger partial charge >= 0.3 is 0 Å². The number of aliphatic hydroxyl groups is 1. The van der Waals surface area contributed by atoms with Gasteiger partial charge in [-0.1, -0.05) is 71.4 Å². The molecule has 0 aromatic heterocycles. The molecule has 1 aliphatic rings. The lowest BCUT2D eigenvalue weighted by molar-refractivity contribution is 0.109. The lowest BCUT2D eigenvalue weighted by Gasteiger charge is -2.39. The molecule has 5 nitrogen and oxygen atoms in total. The van der Waals surface area contributed by atoms with Gasteiger partial charge in [0, 0.05) is 17.5 Å². The third-order valence-corrected chi connectivity index (χ3v) is 17.5. The van der Waals surface area contributed by atoms with E-state index >= 15 is 0 Å². The van der Waals surface area contributed by atoms with Crippen molar-refractivity contribution < 1.29 is 23.4 Å². The van der Waals surface area contributed by atoms with Crippen LogP contribution in [0.15, 0.2) is 36.4 Å². The van der Waals surface area contributed by atoms with E-state index in [0.29, 0.717) is 18.2 Å². The summed E-state index contributed by atoms with van der Waals surface area (Å²) >= 11 is 6.16. The normalized spacial score (nSPS) is 22.5. The van der Waals surface area contributed by atoms with Crippen molar-refractivity contribution in [2.45, 2.75) is 109 Å². The molecule has 0 saturated carbocycles. The van der Waals surface area contributed by atoms with Crippen LogP contribution in [0.1, 0.15) is 54.4 Å². The van der Waals surface area contributed by atoms with Crippen LogP contribution in [0.4, 0.5) is 0 Å². The van der Waals surface area contributed by atoms with Crippen LogP contribution in [0.25, 0.3) is 0 Å². The highest BCUT2D eigenvalue weighted by atomic mass is 35.5. The average Bonchev–Trinajstić information content (AvgIpc) is 3.13. The van der Waals surface area contributed by atoms with Crippen LogP contribution in [-0.4, -0.2) is 59.9 Å². The molecule has 0 amide bonds. The zero-order valence-electron chi connectivity index (χ0n) is 24.8.